The van der Waals surface area contributed by atoms with Crippen LogP contribution >= 0.6 is 0 Å². The van der Waals surface area contributed by atoms with Crippen LogP contribution in [0.25, 0.3) is 0 Å². The highest BCUT2D eigenvalue weighted by Crippen LogP contribution is 2.15. The molecule has 1 aromatic rings. The normalized spacial score (nSPS) is 11.1. The van der Waals surface area contributed by atoms with E-state index in [0.29, 0.717) is 5.56 Å². The maximum absolute atomic E-state index is 11.7. The Labute approximate surface area is 83.9 Å². The second-order valence-corrected chi connectivity index (χ2v) is 3.78. The molecule has 14 heavy (non-hydrogen) atoms. The molecule has 0 aliphatic rings. The molecule has 0 atom stereocenters. The minimum Gasteiger partial charge on any atom is -0.497 e. The Bertz CT molecular complexity index is 322. The number of hydrogen-bond donors (Lipinski definition) is 1. The first kappa shape index (κ1) is 10.7. The second kappa shape index (κ2) is 3.80. The summed E-state index contributed by atoms with van der Waals surface area (Å²) >= 11 is 0. The van der Waals surface area contributed by atoms with Crippen LogP contribution in [0, 0.1) is 0 Å². The lowest BCUT2D eigenvalue weighted by Gasteiger charge is -2.16. The van der Waals surface area contributed by atoms with Crippen molar-refractivity contribution < 1.29 is 9.53 Å². The topological polar surface area (TPSA) is 52.3 Å². The average Bonchev–Trinajstić information content (AvgIpc) is 2.15. The molecule has 0 unspecified atom stereocenters. The second-order valence-electron chi connectivity index (χ2n) is 3.78. The van der Waals surface area contributed by atoms with Crippen molar-refractivity contribution in [1.29, 1.82) is 0 Å². The zero-order chi connectivity index (χ0) is 10.8. The van der Waals surface area contributed by atoms with Crippen molar-refractivity contribution in [2.75, 3.05) is 7.11 Å². The summed E-state index contributed by atoms with van der Waals surface area (Å²) in [5.41, 5.74) is 5.49. The molecule has 0 heterocycles. The molecular weight excluding hydrogens is 178 g/mol. The van der Waals surface area contributed by atoms with E-state index < -0.39 is 5.54 Å². The van der Waals surface area contributed by atoms with Gasteiger partial charge < -0.3 is 10.5 Å². The summed E-state index contributed by atoms with van der Waals surface area (Å²) in [6.07, 6.45) is 0. The summed E-state index contributed by atoms with van der Waals surface area (Å²) in [4.78, 5) is 11.7. The van der Waals surface area contributed by atoms with Crippen LogP contribution in [-0.4, -0.2) is 18.4 Å². The number of ketones is 1. The number of methoxy groups -OCH3 is 1. The molecule has 1 rings (SSSR count). The molecule has 1 aromatic carbocycles. The van der Waals surface area contributed by atoms with E-state index in [2.05, 4.69) is 0 Å². The van der Waals surface area contributed by atoms with Gasteiger partial charge in [-0.3, -0.25) is 4.79 Å². The predicted octanol–water partition coefficient (Wildman–Crippen LogP) is 1.62. The van der Waals surface area contributed by atoms with Gasteiger partial charge in [0.1, 0.15) is 5.75 Å². The average molecular weight is 193 g/mol. The van der Waals surface area contributed by atoms with Crippen LogP contribution in [-0.2, 0) is 0 Å². The maximum atomic E-state index is 11.7. The zero-order valence-electron chi connectivity index (χ0n) is 8.70. The fourth-order valence-electron chi connectivity index (χ4n) is 1.11. The molecule has 0 spiro atoms. The third-order valence-corrected chi connectivity index (χ3v) is 1.94. The van der Waals surface area contributed by atoms with Crippen molar-refractivity contribution in [3.05, 3.63) is 29.8 Å². The molecule has 76 valence electrons. The Morgan fingerprint density at radius 1 is 1.29 bits per heavy atom. The fraction of sp³-hybridized carbons (Fsp3) is 0.364. The lowest BCUT2D eigenvalue weighted by atomic mass is 9.94. The van der Waals surface area contributed by atoms with Crippen molar-refractivity contribution in [1.82, 2.24) is 0 Å². The van der Waals surface area contributed by atoms with E-state index in [1.165, 1.54) is 0 Å². The molecule has 2 N–H and O–H groups in total. The summed E-state index contributed by atoms with van der Waals surface area (Å²) < 4.78 is 4.99. The van der Waals surface area contributed by atoms with E-state index in [1.807, 2.05) is 0 Å². The number of rotatable bonds is 3. The molecule has 0 radical (unpaired) electrons. The van der Waals surface area contributed by atoms with Gasteiger partial charge in [0.05, 0.1) is 12.6 Å². The van der Waals surface area contributed by atoms with Gasteiger partial charge in [0.15, 0.2) is 5.78 Å². The molecule has 0 saturated carbocycles. The summed E-state index contributed by atoms with van der Waals surface area (Å²) in [5.74, 6) is 0.663. The van der Waals surface area contributed by atoms with Gasteiger partial charge >= 0.3 is 0 Å². The maximum Gasteiger partial charge on any atom is 0.182 e. The van der Waals surface area contributed by atoms with Crippen LogP contribution in [0.15, 0.2) is 24.3 Å². The largest absolute Gasteiger partial charge is 0.497 e. The summed E-state index contributed by atoms with van der Waals surface area (Å²) in [6, 6.07) is 6.93. The lowest BCUT2D eigenvalue weighted by molar-refractivity contribution is 0.0913. The molecule has 3 heteroatoms. The third kappa shape index (κ3) is 2.33. The van der Waals surface area contributed by atoms with E-state index in [-0.39, 0.29) is 5.78 Å². The first-order valence-corrected chi connectivity index (χ1v) is 4.43. The summed E-state index contributed by atoms with van der Waals surface area (Å²) in [7, 11) is 1.59. The Hall–Kier alpha value is -1.35. The van der Waals surface area contributed by atoms with Crippen LogP contribution in [0.5, 0.6) is 5.75 Å². The number of ether oxygens (including phenoxy) is 1. The van der Waals surface area contributed by atoms with Crippen LogP contribution in [0.3, 0.4) is 0 Å². The quantitative estimate of drug-likeness (QED) is 0.742. The molecule has 0 bridgehead atoms. The van der Waals surface area contributed by atoms with Crippen LogP contribution in [0.2, 0.25) is 0 Å². The van der Waals surface area contributed by atoms with Gasteiger partial charge in [-0.15, -0.1) is 0 Å². The number of hydrogen-bond acceptors (Lipinski definition) is 3. The SMILES string of the molecule is COc1ccc(C(=O)C(C)(C)N)cc1. The molecule has 0 fully saturated rings. The Morgan fingerprint density at radius 3 is 2.14 bits per heavy atom. The standard InChI is InChI=1S/C11H15NO2/c1-11(2,12)10(13)8-4-6-9(14-3)7-5-8/h4-7H,12H2,1-3H3. The number of Topliss-reactive ketones (excluding diaryl/α,β-unsaturated/α-hetero) is 1. The first-order chi connectivity index (χ1) is 6.45. The summed E-state index contributed by atoms with van der Waals surface area (Å²) in [5, 5.41) is 0. The summed E-state index contributed by atoms with van der Waals surface area (Å²) in [6.45, 7) is 3.39. The molecule has 0 saturated heterocycles. The first-order valence-electron chi connectivity index (χ1n) is 4.43. The number of carbonyl (C=O) groups excluding carboxylic acids is 1. The lowest BCUT2D eigenvalue weighted by Crippen LogP contribution is -2.41. The van der Waals surface area contributed by atoms with Crippen molar-refractivity contribution in [2.45, 2.75) is 19.4 Å². The molecule has 0 aromatic heterocycles. The molecule has 0 aliphatic carbocycles. The highest BCUT2D eigenvalue weighted by atomic mass is 16.5. The molecular formula is C11H15NO2. The van der Waals surface area contributed by atoms with Gasteiger partial charge in [0.25, 0.3) is 0 Å². The number of nitrogens with two attached hydrogens (primary N) is 1. The third-order valence-electron chi connectivity index (χ3n) is 1.94. The highest BCUT2D eigenvalue weighted by molar-refractivity contribution is 6.02. The van der Waals surface area contributed by atoms with E-state index in [0.717, 1.165) is 5.75 Å². The van der Waals surface area contributed by atoms with E-state index in [9.17, 15) is 4.79 Å². The Morgan fingerprint density at radius 2 is 1.79 bits per heavy atom. The zero-order valence-corrected chi connectivity index (χ0v) is 8.70. The van der Waals surface area contributed by atoms with Crippen molar-refractivity contribution in [3.63, 3.8) is 0 Å². The number of benzene rings is 1. The highest BCUT2D eigenvalue weighted by Gasteiger charge is 2.23. The van der Waals surface area contributed by atoms with Crippen LogP contribution < -0.4 is 10.5 Å². The van der Waals surface area contributed by atoms with Crippen molar-refractivity contribution in [3.8, 4) is 5.75 Å². The minimum atomic E-state index is -0.825. The Kier molecular flexibility index (Phi) is 2.91. The monoisotopic (exact) mass is 193 g/mol. The van der Waals surface area contributed by atoms with Gasteiger partial charge in [-0.25, -0.2) is 0 Å². The van der Waals surface area contributed by atoms with Crippen molar-refractivity contribution in [2.24, 2.45) is 5.73 Å². The molecule has 0 amide bonds. The molecule has 0 aliphatic heterocycles. The van der Waals surface area contributed by atoms with Crippen LogP contribution in [0.1, 0.15) is 24.2 Å². The smallest absolute Gasteiger partial charge is 0.182 e. The van der Waals surface area contributed by atoms with E-state index in [4.69, 9.17) is 10.5 Å². The predicted molar refractivity (Wildman–Crippen MR) is 55.6 cm³/mol. The van der Waals surface area contributed by atoms with E-state index in [1.54, 1.807) is 45.2 Å². The van der Waals surface area contributed by atoms with Gasteiger partial charge in [-0.05, 0) is 38.1 Å². The Balaban J connectivity index is 2.93. The van der Waals surface area contributed by atoms with E-state index >= 15 is 0 Å². The molecule has 3 nitrogen and oxygen atoms in total. The van der Waals surface area contributed by atoms with Crippen LogP contribution in [0.4, 0.5) is 0 Å². The van der Waals surface area contributed by atoms with Gasteiger partial charge in [-0.2, -0.15) is 0 Å². The fourth-order valence-corrected chi connectivity index (χ4v) is 1.11. The van der Waals surface area contributed by atoms with Gasteiger partial charge in [0, 0.05) is 5.56 Å². The minimum absolute atomic E-state index is 0.0693. The van der Waals surface area contributed by atoms with Crippen molar-refractivity contribution >= 4 is 5.78 Å². The number of carbonyl (C=O) groups is 1. The van der Waals surface area contributed by atoms with Gasteiger partial charge in [-0.1, -0.05) is 0 Å². The van der Waals surface area contributed by atoms with Gasteiger partial charge in [0.2, 0.25) is 0 Å².